The van der Waals surface area contributed by atoms with Crippen LogP contribution in [0.5, 0.6) is 0 Å². The Hall–Kier alpha value is 0.810. The monoisotopic (exact) mass is 606 g/mol. The average molecular weight is 607 g/mol. The Kier molecular flexibility index (Phi) is 13.9. The zero-order chi connectivity index (χ0) is 27.8. The molecule has 0 radical (unpaired) electrons. The van der Waals surface area contributed by atoms with Gasteiger partial charge in [0.1, 0.15) is 0 Å². The smallest absolute Gasteiger partial charge is 0.0612 e. The van der Waals surface area contributed by atoms with E-state index < -0.39 is 0 Å². The van der Waals surface area contributed by atoms with E-state index in [4.69, 9.17) is 28.4 Å². The fourth-order valence-electron chi connectivity index (χ4n) is 7.75. The molecule has 9 aliphatic rings. The van der Waals surface area contributed by atoms with E-state index in [0.29, 0.717) is 72.1 Å². The Balaban J connectivity index is 1.52. The van der Waals surface area contributed by atoms with Gasteiger partial charge in [0.15, 0.2) is 0 Å². The van der Waals surface area contributed by atoms with Crippen molar-refractivity contribution >= 4 is 35.3 Å². The first-order valence-electron chi connectivity index (χ1n) is 14.9. The van der Waals surface area contributed by atoms with Crippen LogP contribution in [0, 0.1) is 35.5 Å². The van der Waals surface area contributed by atoms with Crippen LogP contribution < -0.4 is 0 Å². The van der Waals surface area contributed by atoms with Gasteiger partial charge in [-0.3, -0.25) is 0 Å². The molecule has 39 heavy (non-hydrogen) atoms. The van der Waals surface area contributed by atoms with Gasteiger partial charge < -0.3 is 28.4 Å². The van der Waals surface area contributed by atoms with E-state index in [-0.39, 0.29) is 0 Å². The molecular formula is C30H54O6S3. The number of thioether (sulfide) groups is 3. The van der Waals surface area contributed by atoms with E-state index in [9.17, 15) is 0 Å². The van der Waals surface area contributed by atoms with Crippen molar-refractivity contribution in [2.75, 3.05) is 77.2 Å². The topological polar surface area (TPSA) is 55.4 Å². The van der Waals surface area contributed by atoms with Crippen molar-refractivity contribution in [2.24, 2.45) is 35.5 Å². The lowest BCUT2D eigenvalue weighted by Gasteiger charge is -2.41. The van der Waals surface area contributed by atoms with Gasteiger partial charge in [-0.1, -0.05) is 0 Å². The van der Waals surface area contributed by atoms with Crippen molar-refractivity contribution in [1.29, 1.82) is 0 Å². The molecule has 0 N–H and O–H groups in total. The summed E-state index contributed by atoms with van der Waals surface area (Å²) in [5, 5.41) is 0. The lowest BCUT2D eigenvalue weighted by atomic mass is 9.79. The molecule has 0 aromatic carbocycles. The molecule has 228 valence electrons. The maximum atomic E-state index is 6.09. The summed E-state index contributed by atoms with van der Waals surface area (Å²) in [6.07, 6.45) is 8.36. The summed E-state index contributed by atoms with van der Waals surface area (Å²) in [6, 6.07) is 0. The molecule has 9 fully saturated rings. The van der Waals surface area contributed by atoms with Gasteiger partial charge in [-0.15, -0.1) is 0 Å². The normalized spacial score (nSPS) is 44.8. The molecule has 6 saturated heterocycles. The van der Waals surface area contributed by atoms with Gasteiger partial charge >= 0.3 is 0 Å². The van der Waals surface area contributed by atoms with Crippen molar-refractivity contribution in [3.05, 3.63) is 0 Å². The predicted octanol–water partition coefficient (Wildman–Crippen LogP) is 5.37. The number of rotatable bonds is 6. The Morgan fingerprint density at radius 1 is 0.308 bits per heavy atom. The standard InChI is InChI=1S/C30H54O6S3/c1-31-25-7-20-14-38-16-22-10-30(36-6)24(12-29(22)35-5)18-39-17-23-11-27(33-3)21(9-28(23)34-4)15-37-13-19(25)8-26(20)32-2/h19-30H,7-18H2,1-6H3/t19-,20-,21-,22-,23-,24-,25-,26?,27-,28?,29-,30?/m1/s1. The van der Waals surface area contributed by atoms with E-state index in [1.165, 1.54) is 0 Å². The van der Waals surface area contributed by atoms with Gasteiger partial charge in [0.05, 0.1) is 36.6 Å². The van der Waals surface area contributed by atoms with Crippen molar-refractivity contribution in [3.8, 4) is 0 Å². The van der Waals surface area contributed by atoms with Gasteiger partial charge in [0.25, 0.3) is 0 Å². The third-order valence-electron chi connectivity index (χ3n) is 10.2. The molecule has 6 nitrogen and oxygen atoms in total. The molecule has 0 aromatic heterocycles. The van der Waals surface area contributed by atoms with Gasteiger partial charge in [-0.2, -0.15) is 35.3 Å². The second-order valence-corrected chi connectivity index (χ2v) is 15.5. The van der Waals surface area contributed by atoms with Gasteiger partial charge in [0.2, 0.25) is 0 Å². The van der Waals surface area contributed by atoms with Crippen LogP contribution in [0.4, 0.5) is 0 Å². The second-order valence-electron chi connectivity index (χ2n) is 12.2. The van der Waals surface area contributed by atoms with Gasteiger partial charge in [-0.25, -0.2) is 0 Å². The first kappa shape index (κ1) is 32.7. The lowest BCUT2D eigenvalue weighted by Crippen LogP contribution is -2.43. The minimum Gasteiger partial charge on any atom is -0.381 e. The molecule has 0 aromatic rings. The Labute approximate surface area is 250 Å². The number of methoxy groups -OCH3 is 6. The molecule has 3 unspecified atom stereocenters. The van der Waals surface area contributed by atoms with Crippen LogP contribution in [0.1, 0.15) is 38.5 Å². The van der Waals surface area contributed by atoms with E-state index in [1.807, 2.05) is 42.7 Å². The fourth-order valence-corrected chi connectivity index (χ4v) is 12.1. The molecule has 6 aliphatic heterocycles. The molecule has 6 bridgehead atoms. The first-order valence-corrected chi connectivity index (χ1v) is 18.4. The Bertz CT molecular complexity index is 559. The number of hydrogen-bond acceptors (Lipinski definition) is 9. The molecule has 9 heteroatoms. The maximum absolute atomic E-state index is 6.09. The minimum absolute atomic E-state index is 0.307. The lowest BCUT2D eigenvalue weighted by molar-refractivity contribution is -0.0563. The van der Waals surface area contributed by atoms with Crippen molar-refractivity contribution in [3.63, 3.8) is 0 Å². The molecule has 12 atom stereocenters. The zero-order valence-electron chi connectivity index (χ0n) is 25.1. The van der Waals surface area contributed by atoms with Gasteiger partial charge in [0, 0.05) is 42.7 Å². The SMILES string of the molecule is COC1C[C@@H]2CSC[C@H]3C[C@@H](OC)[C@@H](CSC[C@H]4CC(OC)[C@@H](CSC[C@H]1C[C@H]2OC)C[C@H]4OC)CC3OC. The highest BCUT2D eigenvalue weighted by Gasteiger charge is 2.42. The molecule has 0 spiro atoms. The summed E-state index contributed by atoms with van der Waals surface area (Å²) in [5.74, 6) is 9.93. The maximum Gasteiger partial charge on any atom is 0.0612 e. The van der Waals surface area contributed by atoms with Crippen molar-refractivity contribution < 1.29 is 28.4 Å². The third-order valence-corrected chi connectivity index (χ3v) is 14.2. The average Bonchev–Trinajstić information content (AvgIpc) is 2.97. The summed E-state index contributed by atoms with van der Waals surface area (Å²) in [7, 11) is 11.4. The van der Waals surface area contributed by atoms with Crippen LogP contribution in [-0.2, 0) is 28.4 Å². The van der Waals surface area contributed by atoms with Crippen molar-refractivity contribution in [2.45, 2.75) is 75.1 Å². The summed E-state index contributed by atoms with van der Waals surface area (Å²) in [5.41, 5.74) is 0. The quantitative estimate of drug-likeness (QED) is 0.397. The van der Waals surface area contributed by atoms with Gasteiger partial charge in [-0.05, 0) is 109 Å². The molecular weight excluding hydrogens is 553 g/mol. The van der Waals surface area contributed by atoms with E-state index >= 15 is 0 Å². The number of ether oxygens (including phenoxy) is 6. The summed E-state index contributed by atoms with van der Waals surface area (Å²) < 4.78 is 36.5. The summed E-state index contributed by atoms with van der Waals surface area (Å²) >= 11 is 6.26. The van der Waals surface area contributed by atoms with Crippen LogP contribution in [-0.4, -0.2) is 114 Å². The van der Waals surface area contributed by atoms with Crippen LogP contribution in [0.2, 0.25) is 0 Å². The Morgan fingerprint density at radius 3 is 0.590 bits per heavy atom. The van der Waals surface area contributed by atoms with Crippen LogP contribution >= 0.6 is 35.3 Å². The van der Waals surface area contributed by atoms with E-state index in [0.717, 1.165) is 73.0 Å². The molecule has 6 heterocycles. The first-order chi connectivity index (χ1) is 19.0. The largest absolute Gasteiger partial charge is 0.381 e. The highest BCUT2D eigenvalue weighted by Crippen LogP contribution is 2.42. The highest BCUT2D eigenvalue weighted by atomic mass is 32.2. The van der Waals surface area contributed by atoms with E-state index in [2.05, 4.69) is 35.3 Å². The minimum atomic E-state index is 0.307. The summed E-state index contributed by atoms with van der Waals surface area (Å²) in [4.78, 5) is 0. The summed E-state index contributed by atoms with van der Waals surface area (Å²) in [6.45, 7) is 0. The van der Waals surface area contributed by atoms with Crippen LogP contribution in [0.3, 0.4) is 0 Å². The van der Waals surface area contributed by atoms with Crippen molar-refractivity contribution in [1.82, 2.24) is 0 Å². The molecule has 3 aliphatic carbocycles. The van der Waals surface area contributed by atoms with E-state index in [1.54, 1.807) is 0 Å². The van der Waals surface area contributed by atoms with Crippen LogP contribution in [0.25, 0.3) is 0 Å². The van der Waals surface area contributed by atoms with Crippen LogP contribution in [0.15, 0.2) is 0 Å². The second kappa shape index (κ2) is 16.6. The Morgan fingerprint density at radius 2 is 0.462 bits per heavy atom. The number of hydrogen-bond donors (Lipinski definition) is 0. The zero-order valence-corrected chi connectivity index (χ0v) is 27.5. The third kappa shape index (κ3) is 8.47. The molecule has 3 saturated carbocycles. The predicted molar refractivity (Wildman–Crippen MR) is 165 cm³/mol. The highest BCUT2D eigenvalue weighted by molar-refractivity contribution is 7.99. The molecule has 9 rings (SSSR count). The fraction of sp³-hybridized carbons (Fsp3) is 1.00. The molecule has 0 amide bonds.